The molecule has 0 amide bonds. The summed E-state index contributed by atoms with van der Waals surface area (Å²) in [7, 11) is 2.57. The molecule has 1 aliphatic carbocycles. The van der Waals surface area contributed by atoms with Gasteiger partial charge in [0.15, 0.2) is 0 Å². The highest BCUT2D eigenvalue weighted by atomic mass is 32.1. The first-order valence-corrected chi connectivity index (χ1v) is 26.6. The molecule has 11 aromatic rings. The van der Waals surface area contributed by atoms with E-state index in [1.807, 2.05) is 22.7 Å². The molecule has 343 valence electrons. The predicted octanol–water partition coefficient (Wildman–Crippen LogP) is 17.6. The van der Waals surface area contributed by atoms with Crippen molar-refractivity contribution < 1.29 is 0 Å². The number of nitrogens with one attached hydrogen (secondary N) is 1. The summed E-state index contributed by atoms with van der Waals surface area (Å²) in [6.45, 7) is 25.8. The monoisotopic (exact) mass is 941 g/mol. The number of nitrogens with zero attached hydrogens (tertiary/aromatic N) is 1. The predicted molar refractivity (Wildman–Crippen MR) is 308 cm³/mol. The molecule has 13 rings (SSSR count). The molecule has 3 aromatic heterocycles. The highest BCUT2D eigenvalue weighted by Gasteiger charge is 2.39. The number of hydrogen-bond donors (Lipinski definition) is 1. The Labute approximate surface area is 421 Å². The van der Waals surface area contributed by atoms with Gasteiger partial charge in [-0.25, -0.2) is 0 Å². The van der Waals surface area contributed by atoms with Crippen LogP contribution in [0.4, 0.5) is 11.4 Å². The van der Waals surface area contributed by atoms with Crippen molar-refractivity contribution in [1.29, 1.82) is 0 Å². The average Bonchev–Trinajstić information content (AvgIpc) is 4.05. The Hall–Kier alpha value is -6.40. The summed E-state index contributed by atoms with van der Waals surface area (Å²) in [4.78, 5) is 0. The molecule has 0 spiro atoms. The minimum atomic E-state index is -0.201. The summed E-state index contributed by atoms with van der Waals surface area (Å²) in [6, 6.07) is 55.9. The van der Waals surface area contributed by atoms with E-state index in [0.717, 1.165) is 11.4 Å². The van der Waals surface area contributed by atoms with Gasteiger partial charge in [-0.3, -0.25) is 0 Å². The van der Waals surface area contributed by atoms with E-state index in [4.69, 9.17) is 0 Å². The zero-order chi connectivity index (χ0) is 48.4. The second kappa shape index (κ2) is 14.8. The molecule has 5 heteroatoms. The van der Waals surface area contributed by atoms with Crippen molar-refractivity contribution in [2.45, 2.75) is 97.8 Å². The highest BCUT2D eigenvalue weighted by Crippen LogP contribution is 2.55. The van der Waals surface area contributed by atoms with Crippen molar-refractivity contribution >= 4 is 104 Å². The maximum absolute atomic E-state index is 4.11. The van der Waals surface area contributed by atoms with Gasteiger partial charge in [0.2, 0.25) is 7.28 Å². The van der Waals surface area contributed by atoms with Gasteiger partial charge in [-0.2, -0.15) is 0 Å². The summed E-state index contributed by atoms with van der Waals surface area (Å²) in [5, 5.41) is 10.7. The molecule has 0 saturated heterocycles. The lowest BCUT2D eigenvalue weighted by Crippen LogP contribution is -2.35. The number of aromatic nitrogens is 1. The van der Waals surface area contributed by atoms with Crippen LogP contribution in [-0.2, 0) is 21.7 Å². The van der Waals surface area contributed by atoms with Crippen LogP contribution in [0.5, 0.6) is 0 Å². The Balaban J connectivity index is 1.18. The maximum Gasteiger partial charge on any atom is 0.211 e. The summed E-state index contributed by atoms with van der Waals surface area (Å²) in [6.07, 6.45) is 0. The number of fused-ring (bicyclic) bond motifs is 14. The van der Waals surface area contributed by atoms with Crippen LogP contribution in [-0.4, -0.2) is 11.8 Å². The molecule has 0 fully saturated rings. The van der Waals surface area contributed by atoms with E-state index in [0.29, 0.717) is 0 Å². The Kier molecular flexibility index (Phi) is 9.24. The first-order valence-electron chi connectivity index (χ1n) is 25.0. The first kappa shape index (κ1) is 43.6. The van der Waals surface area contributed by atoms with E-state index in [2.05, 4.69) is 239 Å². The zero-order valence-electron chi connectivity index (χ0n) is 42.2. The number of thiophene rings is 2. The number of anilines is 2. The second-order valence-corrected chi connectivity index (χ2v) is 25.8. The van der Waals surface area contributed by atoms with Crippen molar-refractivity contribution in [2.24, 2.45) is 0 Å². The van der Waals surface area contributed by atoms with Gasteiger partial charge in [0, 0.05) is 63.4 Å². The van der Waals surface area contributed by atoms with E-state index in [1.54, 1.807) is 0 Å². The van der Waals surface area contributed by atoms with Crippen LogP contribution < -0.4 is 15.6 Å². The molecular formula is C65H58BN2S2. The summed E-state index contributed by atoms with van der Waals surface area (Å²) in [5.74, 6) is 0. The van der Waals surface area contributed by atoms with Crippen LogP contribution >= 0.6 is 22.7 Å². The Morgan fingerprint density at radius 2 is 1.17 bits per heavy atom. The fourth-order valence-corrected chi connectivity index (χ4v) is 14.1. The van der Waals surface area contributed by atoms with Crippen molar-refractivity contribution in [1.82, 2.24) is 4.57 Å². The molecule has 0 bridgehead atoms. The molecule has 1 radical (unpaired) electrons. The molecular weight excluding hydrogens is 884 g/mol. The molecule has 1 aliphatic heterocycles. The third-order valence-electron chi connectivity index (χ3n) is 15.7. The Morgan fingerprint density at radius 3 is 1.91 bits per heavy atom. The van der Waals surface area contributed by atoms with Crippen LogP contribution in [0.1, 0.15) is 104 Å². The molecule has 2 aliphatic rings. The normalized spacial score (nSPS) is 14.2. The van der Waals surface area contributed by atoms with Gasteiger partial charge in [-0.05, 0) is 137 Å². The Bertz CT molecular complexity index is 4010. The van der Waals surface area contributed by atoms with E-state index >= 15 is 0 Å². The highest BCUT2D eigenvalue weighted by molar-refractivity contribution is 7.29. The standard InChI is InChI=1S/C65H58BN2S2/c1-62(2,3)38-22-26-41(27-23-38)67-50-35-49-44(42-28-24-40(64(7,8)9)33-48(42)65(49,10)11)34-45(50)54-55-43-19-15-16-20-52(43)69-60(55)56-46-32-39(63(4,5)6)25-29-51(46)68-58-47-31-37(36-17-13-12-14-18-36)21-30-53(47)70-61(58)66-57(54)59(56)68/h12-35,67H,1-11H3. The number of hydrogen-bond acceptors (Lipinski definition) is 3. The van der Waals surface area contributed by atoms with E-state index in [1.165, 1.54) is 129 Å². The average molecular weight is 942 g/mol. The van der Waals surface area contributed by atoms with Crippen molar-refractivity contribution in [3.63, 3.8) is 0 Å². The molecule has 0 unspecified atom stereocenters. The molecule has 1 N–H and O–H groups in total. The smallest absolute Gasteiger partial charge is 0.211 e. The zero-order valence-corrected chi connectivity index (χ0v) is 43.8. The van der Waals surface area contributed by atoms with Gasteiger partial charge in [0.05, 0.1) is 16.7 Å². The summed E-state index contributed by atoms with van der Waals surface area (Å²) < 4.78 is 7.92. The topological polar surface area (TPSA) is 17.0 Å². The van der Waals surface area contributed by atoms with E-state index < -0.39 is 0 Å². The number of rotatable bonds is 4. The minimum absolute atomic E-state index is 0.0183. The maximum atomic E-state index is 4.11. The third-order valence-corrected chi connectivity index (χ3v) is 18.0. The van der Waals surface area contributed by atoms with Crippen molar-refractivity contribution in [3.8, 4) is 39.1 Å². The molecule has 0 saturated carbocycles. The molecule has 70 heavy (non-hydrogen) atoms. The van der Waals surface area contributed by atoms with Gasteiger partial charge in [-0.15, -0.1) is 22.7 Å². The SMILES string of the molecule is CC(C)(C)c1ccc(Nc2cc3c(cc2-c2c4c5c(c6cc(C(C)(C)C)ccc6n5-c5c(sc6ccc(-c7ccccc7)cc56)[B]4)c4sc5ccccc5c24)-c2ccc(C(C)(C)C)cc2C3(C)C)cc1. The molecule has 0 atom stereocenters. The fourth-order valence-electron chi connectivity index (χ4n) is 11.8. The lowest BCUT2D eigenvalue weighted by Gasteiger charge is -2.27. The van der Waals surface area contributed by atoms with Crippen LogP contribution in [0, 0.1) is 0 Å². The summed E-state index contributed by atoms with van der Waals surface area (Å²) in [5.41, 5.74) is 21.7. The van der Waals surface area contributed by atoms with Crippen molar-refractivity contribution in [2.75, 3.05) is 5.32 Å². The lowest BCUT2D eigenvalue weighted by molar-refractivity contribution is 0.584. The van der Waals surface area contributed by atoms with Crippen LogP contribution in [0.3, 0.4) is 0 Å². The molecule has 2 nitrogen and oxygen atoms in total. The van der Waals surface area contributed by atoms with Crippen molar-refractivity contribution in [3.05, 3.63) is 173 Å². The summed E-state index contributed by atoms with van der Waals surface area (Å²) >= 11 is 3.88. The van der Waals surface area contributed by atoms with Gasteiger partial charge >= 0.3 is 0 Å². The van der Waals surface area contributed by atoms with E-state index in [-0.39, 0.29) is 21.7 Å². The second-order valence-electron chi connectivity index (χ2n) is 23.7. The van der Waals surface area contributed by atoms with Gasteiger partial charge < -0.3 is 9.88 Å². The van der Waals surface area contributed by atoms with E-state index in [9.17, 15) is 0 Å². The van der Waals surface area contributed by atoms with Crippen LogP contribution in [0.25, 0.3) is 91.1 Å². The fraction of sp³-hybridized carbons (Fsp3) is 0.231. The largest absolute Gasteiger partial charge is 0.355 e. The van der Waals surface area contributed by atoms with Crippen LogP contribution in [0.15, 0.2) is 146 Å². The van der Waals surface area contributed by atoms with Crippen LogP contribution in [0.2, 0.25) is 0 Å². The first-order chi connectivity index (χ1) is 33.3. The third kappa shape index (κ3) is 6.43. The Morgan fingerprint density at radius 1 is 0.514 bits per heavy atom. The number of benzene rings is 8. The van der Waals surface area contributed by atoms with Gasteiger partial charge in [-0.1, -0.05) is 167 Å². The van der Waals surface area contributed by atoms with Gasteiger partial charge in [0.1, 0.15) is 0 Å². The van der Waals surface area contributed by atoms with Gasteiger partial charge in [0.25, 0.3) is 0 Å². The minimum Gasteiger partial charge on any atom is -0.355 e. The lowest BCUT2D eigenvalue weighted by atomic mass is 9.62. The quantitative estimate of drug-likeness (QED) is 0.174. The molecule has 4 heterocycles. The molecule has 8 aromatic carbocycles.